The maximum absolute atomic E-state index is 13.4. The summed E-state index contributed by atoms with van der Waals surface area (Å²) in [5.41, 5.74) is 3.63. The van der Waals surface area contributed by atoms with Gasteiger partial charge in [-0.3, -0.25) is 9.79 Å². The smallest absolute Gasteiger partial charge is 0.279 e. The number of thiazole rings is 1. The number of aromatic nitrogens is 1. The van der Waals surface area contributed by atoms with E-state index in [1.165, 1.54) is 11.3 Å². The van der Waals surface area contributed by atoms with E-state index in [1.54, 1.807) is 29.9 Å². The van der Waals surface area contributed by atoms with Crippen molar-refractivity contribution in [1.82, 2.24) is 4.68 Å². The summed E-state index contributed by atoms with van der Waals surface area (Å²) in [6.45, 7) is 8.19. The summed E-state index contributed by atoms with van der Waals surface area (Å²) in [4.78, 5) is 20.4. The zero-order valence-electron chi connectivity index (χ0n) is 19.1. The van der Waals surface area contributed by atoms with Crippen molar-refractivity contribution < 1.29 is 14.3 Å². The Morgan fingerprint density at radius 2 is 1.91 bits per heavy atom. The fraction of sp³-hybridized carbons (Fsp3) is 0.240. The van der Waals surface area contributed by atoms with E-state index in [-0.39, 0.29) is 11.9 Å². The van der Waals surface area contributed by atoms with Crippen LogP contribution in [-0.4, -0.2) is 43.1 Å². The lowest BCUT2D eigenvalue weighted by Gasteiger charge is -2.20. The fourth-order valence-corrected chi connectivity index (χ4v) is 4.61. The molecule has 0 spiro atoms. The number of carbonyl (C=O) groups is 1. The molecular formula is C25H26N4O3S. The van der Waals surface area contributed by atoms with E-state index < -0.39 is 0 Å². The largest absolute Gasteiger partial charge is 0.497 e. The Bertz CT molecular complexity index is 1300. The fourth-order valence-electron chi connectivity index (χ4n) is 3.77. The maximum Gasteiger partial charge on any atom is 0.279 e. The van der Waals surface area contributed by atoms with Gasteiger partial charge >= 0.3 is 0 Å². The number of ether oxygens (including phenoxy) is 2. The summed E-state index contributed by atoms with van der Waals surface area (Å²) in [6, 6.07) is 13.3. The number of methoxy groups -OCH3 is 2. The van der Waals surface area contributed by atoms with Crippen molar-refractivity contribution in [3.63, 3.8) is 0 Å². The third-order valence-electron chi connectivity index (χ3n) is 5.28. The van der Waals surface area contributed by atoms with Gasteiger partial charge in [0.05, 0.1) is 32.1 Å². The number of hydrogen-bond acceptors (Lipinski definition) is 6. The number of nitrogens with zero attached hydrogens (tertiary/aromatic N) is 4. The van der Waals surface area contributed by atoms with Crippen molar-refractivity contribution in [3.8, 4) is 22.8 Å². The second kappa shape index (κ2) is 9.46. The quantitative estimate of drug-likeness (QED) is 0.491. The SMILES string of the molecule is C=CCN=c1scc(-c2ccc(OC)cc2OC)n1N=C1C(=O)N(C(C)C)c2ccccc21. The molecule has 7 nitrogen and oxygen atoms in total. The van der Waals surface area contributed by atoms with Gasteiger partial charge in [-0.1, -0.05) is 24.3 Å². The molecule has 170 valence electrons. The Labute approximate surface area is 196 Å². The lowest BCUT2D eigenvalue weighted by atomic mass is 10.1. The van der Waals surface area contributed by atoms with Gasteiger partial charge in [-0.25, -0.2) is 4.68 Å². The van der Waals surface area contributed by atoms with Crippen LogP contribution in [0.1, 0.15) is 19.4 Å². The number of amides is 1. The lowest BCUT2D eigenvalue weighted by Crippen LogP contribution is -2.36. The molecule has 3 aromatic rings. The number of benzene rings is 2. The predicted octanol–water partition coefficient (Wildman–Crippen LogP) is 4.33. The van der Waals surface area contributed by atoms with Crippen molar-refractivity contribution in [3.05, 3.63) is 70.9 Å². The zero-order chi connectivity index (χ0) is 23.5. The van der Waals surface area contributed by atoms with Crippen LogP contribution in [0.5, 0.6) is 11.5 Å². The van der Waals surface area contributed by atoms with Crippen LogP contribution in [-0.2, 0) is 4.79 Å². The first-order valence-electron chi connectivity index (χ1n) is 10.6. The number of fused-ring (bicyclic) bond motifs is 1. The van der Waals surface area contributed by atoms with Gasteiger partial charge in [0.25, 0.3) is 5.91 Å². The Balaban J connectivity index is 1.95. The topological polar surface area (TPSA) is 68.4 Å². The molecule has 0 radical (unpaired) electrons. The number of rotatable bonds is 7. The summed E-state index contributed by atoms with van der Waals surface area (Å²) in [5, 5.41) is 6.82. The first-order valence-corrected chi connectivity index (χ1v) is 11.4. The van der Waals surface area contributed by atoms with E-state index in [0.717, 1.165) is 22.5 Å². The highest BCUT2D eigenvalue weighted by atomic mass is 32.1. The molecule has 0 saturated heterocycles. The van der Waals surface area contributed by atoms with Crippen LogP contribution in [0.3, 0.4) is 0 Å². The summed E-state index contributed by atoms with van der Waals surface area (Å²) in [7, 11) is 3.22. The molecule has 1 aliphatic heterocycles. The molecule has 1 aliphatic rings. The average Bonchev–Trinajstić information content (AvgIpc) is 3.35. The third kappa shape index (κ3) is 4.09. The summed E-state index contributed by atoms with van der Waals surface area (Å²) in [5.74, 6) is 1.19. The molecule has 33 heavy (non-hydrogen) atoms. The minimum absolute atomic E-state index is 0.00454. The standard InChI is InChI=1S/C25H26N4O3S/c1-6-13-26-25-29(21(15-33-25)18-12-11-17(31-4)14-22(18)32-5)27-23-19-9-7-8-10-20(19)28(16(2)3)24(23)30/h6-12,14-16H,1,13H2,2-5H3. The number of hydrogen-bond donors (Lipinski definition) is 0. The van der Waals surface area contributed by atoms with Crippen LogP contribution in [0, 0.1) is 0 Å². The molecule has 0 fully saturated rings. The molecule has 0 atom stereocenters. The maximum atomic E-state index is 13.4. The predicted molar refractivity (Wildman–Crippen MR) is 132 cm³/mol. The third-order valence-corrected chi connectivity index (χ3v) is 6.14. The van der Waals surface area contributed by atoms with Crippen molar-refractivity contribution in [2.45, 2.75) is 19.9 Å². The van der Waals surface area contributed by atoms with Gasteiger partial charge in [0, 0.05) is 28.6 Å². The Morgan fingerprint density at radius 3 is 2.61 bits per heavy atom. The van der Waals surface area contributed by atoms with Gasteiger partial charge in [0.2, 0.25) is 4.80 Å². The van der Waals surface area contributed by atoms with Crippen LogP contribution < -0.4 is 19.2 Å². The highest BCUT2D eigenvalue weighted by Crippen LogP contribution is 2.35. The van der Waals surface area contributed by atoms with E-state index >= 15 is 0 Å². The average molecular weight is 463 g/mol. The molecule has 2 aromatic carbocycles. The monoisotopic (exact) mass is 462 g/mol. The second-order valence-corrected chi connectivity index (χ2v) is 8.48. The minimum Gasteiger partial charge on any atom is -0.497 e. The molecule has 2 heterocycles. The molecule has 1 amide bonds. The molecule has 8 heteroatoms. The number of anilines is 1. The second-order valence-electron chi connectivity index (χ2n) is 7.65. The molecular weight excluding hydrogens is 436 g/mol. The molecule has 0 aliphatic carbocycles. The Kier molecular flexibility index (Phi) is 6.46. The van der Waals surface area contributed by atoms with Crippen LogP contribution in [0.4, 0.5) is 5.69 Å². The van der Waals surface area contributed by atoms with Gasteiger partial charge in [-0.15, -0.1) is 17.9 Å². The number of para-hydroxylation sites is 1. The molecule has 0 unspecified atom stereocenters. The highest BCUT2D eigenvalue weighted by molar-refractivity contribution is 7.07. The highest BCUT2D eigenvalue weighted by Gasteiger charge is 2.35. The van der Waals surface area contributed by atoms with Crippen LogP contribution in [0.25, 0.3) is 11.3 Å². The lowest BCUT2D eigenvalue weighted by molar-refractivity contribution is -0.112. The van der Waals surface area contributed by atoms with Crippen molar-refractivity contribution in [2.24, 2.45) is 10.1 Å². The molecule has 0 saturated carbocycles. The van der Waals surface area contributed by atoms with E-state index in [0.29, 0.717) is 28.6 Å². The zero-order valence-corrected chi connectivity index (χ0v) is 19.9. The van der Waals surface area contributed by atoms with Gasteiger partial charge in [0.15, 0.2) is 5.71 Å². The molecule has 0 bridgehead atoms. The van der Waals surface area contributed by atoms with E-state index in [2.05, 4.69) is 11.6 Å². The van der Waals surface area contributed by atoms with Crippen LogP contribution >= 0.6 is 11.3 Å². The van der Waals surface area contributed by atoms with Crippen molar-refractivity contribution in [1.29, 1.82) is 0 Å². The van der Waals surface area contributed by atoms with Crippen LogP contribution in [0.2, 0.25) is 0 Å². The van der Waals surface area contributed by atoms with E-state index in [9.17, 15) is 4.79 Å². The minimum atomic E-state index is -0.132. The molecule has 4 rings (SSSR count). The molecule has 0 N–H and O–H groups in total. The van der Waals surface area contributed by atoms with E-state index in [1.807, 2.05) is 61.7 Å². The van der Waals surface area contributed by atoms with Crippen molar-refractivity contribution >= 4 is 28.6 Å². The van der Waals surface area contributed by atoms with Gasteiger partial charge < -0.3 is 14.4 Å². The first kappa shape index (κ1) is 22.5. The Morgan fingerprint density at radius 1 is 1.12 bits per heavy atom. The summed E-state index contributed by atoms with van der Waals surface area (Å²) < 4.78 is 12.7. The van der Waals surface area contributed by atoms with E-state index in [4.69, 9.17) is 14.6 Å². The van der Waals surface area contributed by atoms with Crippen molar-refractivity contribution in [2.75, 3.05) is 25.7 Å². The van der Waals surface area contributed by atoms with Gasteiger partial charge in [0.1, 0.15) is 11.5 Å². The molecule has 1 aromatic heterocycles. The summed E-state index contributed by atoms with van der Waals surface area (Å²) in [6.07, 6.45) is 1.72. The number of carbonyl (C=O) groups excluding carboxylic acids is 1. The van der Waals surface area contributed by atoms with Gasteiger partial charge in [-0.05, 0) is 32.0 Å². The summed E-state index contributed by atoms with van der Waals surface area (Å²) >= 11 is 1.44. The van der Waals surface area contributed by atoms with Gasteiger partial charge in [-0.2, -0.15) is 5.10 Å². The first-order chi connectivity index (χ1) is 16.0. The Hall–Kier alpha value is -3.65. The van der Waals surface area contributed by atoms with Crippen LogP contribution in [0.15, 0.2) is 70.6 Å². The normalized spacial score (nSPS) is 14.8.